The molecule has 160 valence electrons. The Morgan fingerprint density at radius 3 is 1.04 bits per heavy atom. The Bertz CT molecular complexity index is 337. The molecular formula is C20H38Cl2O4Sn. The van der Waals surface area contributed by atoms with Crippen molar-refractivity contribution in [3.8, 4) is 0 Å². The fourth-order valence-corrected chi connectivity index (χ4v) is 3.02. The molecule has 7 heteroatoms. The third kappa shape index (κ3) is 13.2. The number of carboxylic acid groups (broad SMARTS) is 2. The Morgan fingerprint density at radius 2 is 0.926 bits per heavy atom. The Balaban J connectivity index is -0.000000372. The SMILES string of the molecule is CCCCC(CC)(CC)C(=O)[O-].CCCCC(CC)(CC)C(=O)[O-].[Cl][Sn+2][Cl]. The molecule has 0 spiro atoms. The van der Waals surface area contributed by atoms with Gasteiger partial charge in [-0.15, -0.1) is 0 Å². The van der Waals surface area contributed by atoms with Crippen molar-refractivity contribution in [1.82, 2.24) is 0 Å². The van der Waals surface area contributed by atoms with Crippen molar-refractivity contribution in [2.75, 3.05) is 0 Å². The first kappa shape index (κ1) is 32.0. The first-order chi connectivity index (χ1) is 12.7. The van der Waals surface area contributed by atoms with E-state index in [1.165, 1.54) is 0 Å². The van der Waals surface area contributed by atoms with Crippen LogP contribution >= 0.6 is 17.8 Å². The van der Waals surface area contributed by atoms with Crippen molar-refractivity contribution < 1.29 is 19.8 Å². The molecule has 0 aliphatic heterocycles. The van der Waals surface area contributed by atoms with Crippen LogP contribution in [0.5, 0.6) is 0 Å². The third-order valence-corrected chi connectivity index (χ3v) is 5.59. The number of carbonyl (C=O) groups is 2. The molecule has 0 aliphatic carbocycles. The van der Waals surface area contributed by atoms with E-state index < -0.39 is 41.7 Å². The summed E-state index contributed by atoms with van der Waals surface area (Å²) in [6.45, 7) is 11.9. The van der Waals surface area contributed by atoms with E-state index in [0.29, 0.717) is 25.7 Å². The van der Waals surface area contributed by atoms with Gasteiger partial charge >= 0.3 is 36.7 Å². The van der Waals surface area contributed by atoms with Crippen molar-refractivity contribution in [3.05, 3.63) is 0 Å². The molecule has 0 fully saturated rings. The molecule has 0 aromatic carbocycles. The maximum absolute atomic E-state index is 10.9. The predicted octanol–water partition coefficient (Wildman–Crippen LogP) is 4.46. The number of hydrogen-bond donors (Lipinski definition) is 0. The van der Waals surface area contributed by atoms with E-state index in [4.69, 9.17) is 17.8 Å². The first-order valence-corrected chi connectivity index (χ1v) is 17.3. The minimum atomic E-state index is -0.874. The number of aliphatic carboxylic acids is 2. The van der Waals surface area contributed by atoms with Gasteiger partial charge in [-0.25, -0.2) is 0 Å². The molecule has 0 aliphatic rings. The molecule has 0 N–H and O–H groups in total. The fourth-order valence-electron chi connectivity index (χ4n) is 3.02. The van der Waals surface area contributed by atoms with Crippen LogP contribution in [0.1, 0.15) is 106 Å². The van der Waals surface area contributed by atoms with E-state index in [1.807, 2.05) is 27.7 Å². The molecule has 0 amide bonds. The molecular weight excluding hydrogens is 494 g/mol. The van der Waals surface area contributed by atoms with Crippen molar-refractivity contribution >= 4 is 48.7 Å². The van der Waals surface area contributed by atoms with Gasteiger partial charge in [-0.1, -0.05) is 67.2 Å². The summed E-state index contributed by atoms with van der Waals surface area (Å²) >= 11 is -0.826. The van der Waals surface area contributed by atoms with Crippen molar-refractivity contribution in [2.45, 2.75) is 106 Å². The van der Waals surface area contributed by atoms with Gasteiger partial charge in [0.25, 0.3) is 0 Å². The average molecular weight is 532 g/mol. The van der Waals surface area contributed by atoms with Crippen LogP contribution in [0, 0.1) is 10.8 Å². The maximum atomic E-state index is 10.9. The predicted molar refractivity (Wildman–Crippen MR) is 113 cm³/mol. The summed E-state index contributed by atoms with van der Waals surface area (Å²) < 4.78 is 0. The molecule has 0 saturated carbocycles. The van der Waals surface area contributed by atoms with Crippen LogP contribution in [-0.2, 0) is 9.59 Å². The zero-order valence-corrected chi connectivity index (χ0v) is 22.3. The van der Waals surface area contributed by atoms with Gasteiger partial charge in [0, 0.05) is 22.8 Å². The monoisotopic (exact) mass is 532 g/mol. The molecule has 0 heterocycles. The summed E-state index contributed by atoms with van der Waals surface area (Å²) in [7, 11) is 9.87. The van der Waals surface area contributed by atoms with Crippen LogP contribution in [0.4, 0.5) is 0 Å². The van der Waals surface area contributed by atoms with Crippen LogP contribution in [-0.4, -0.2) is 30.8 Å². The van der Waals surface area contributed by atoms with E-state index >= 15 is 0 Å². The third-order valence-electron chi connectivity index (χ3n) is 5.59. The molecule has 4 nitrogen and oxygen atoms in total. The van der Waals surface area contributed by atoms with E-state index in [2.05, 4.69) is 13.8 Å². The van der Waals surface area contributed by atoms with Gasteiger partial charge in [0.05, 0.1) is 0 Å². The standard InChI is InChI=1S/2C10H20O2.2ClH.Sn/c2*1-4-7-8-10(5-2,6-3)9(11)12;;;/h2*4-8H2,1-3H3,(H,11,12);2*1H;/q;;;;+4/p-4. The summed E-state index contributed by atoms with van der Waals surface area (Å²) in [5, 5.41) is 21.8. The second kappa shape index (κ2) is 19.6. The van der Waals surface area contributed by atoms with Gasteiger partial charge < -0.3 is 19.8 Å². The van der Waals surface area contributed by atoms with Crippen LogP contribution < -0.4 is 10.2 Å². The van der Waals surface area contributed by atoms with E-state index in [0.717, 1.165) is 38.5 Å². The van der Waals surface area contributed by atoms with Gasteiger partial charge in [0.1, 0.15) is 0 Å². The van der Waals surface area contributed by atoms with Crippen LogP contribution in [0.3, 0.4) is 0 Å². The van der Waals surface area contributed by atoms with E-state index in [1.54, 1.807) is 0 Å². The molecule has 0 rings (SSSR count). The van der Waals surface area contributed by atoms with Crippen molar-refractivity contribution in [2.24, 2.45) is 10.8 Å². The number of unbranched alkanes of at least 4 members (excludes halogenated alkanes) is 2. The Morgan fingerprint density at radius 1 is 0.704 bits per heavy atom. The zero-order valence-electron chi connectivity index (χ0n) is 18.0. The minimum absolute atomic E-state index is 0.560. The summed E-state index contributed by atoms with van der Waals surface area (Å²) in [6.07, 6.45) is 8.34. The molecule has 0 radical (unpaired) electrons. The Labute approximate surface area is 184 Å². The van der Waals surface area contributed by atoms with Crippen LogP contribution in [0.15, 0.2) is 0 Å². The van der Waals surface area contributed by atoms with E-state index in [-0.39, 0.29) is 0 Å². The number of halogens is 2. The van der Waals surface area contributed by atoms with E-state index in [9.17, 15) is 19.8 Å². The fraction of sp³-hybridized carbons (Fsp3) is 0.900. The number of carboxylic acids is 2. The van der Waals surface area contributed by atoms with Gasteiger partial charge in [0.2, 0.25) is 0 Å². The number of rotatable bonds is 12. The quantitative estimate of drug-likeness (QED) is 0.348. The number of hydrogen-bond acceptors (Lipinski definition) is 4. The molecule has 0 unspecified atom stereocenters. The molecule has 27 heavy (non-hydrogen) atoms. The van der Waals surface area contributed by atoms with Gasteiger partial charge in [-0.05, 0) is 38.5 Å². The van der Waals surface area contributed by atoms with Gasteiger partial charge in [-0.2, -0.15) is 0 Å². The topological polar surface area (TPSA) is 80.3 Å². The summed E-state index contributed by atoms with van der Waals surface area (Å²) in [5.41, 5.74) is -1.12. The summed E-state index contributed by atoms with van der Waals surface area (Å²) in [5.74, 6) is -1.75. The zero-order chi connectivity index (χ0) is 21.9. The second-order valence-electron chi connectivity index (χ2n) is 6.83. The molecule has 0 saturated heterocycles. The molecule has 0 aromatic rings. The van der Waals surface area contributed by atoms with Gasteiger partial charge in [-0.3, -0.25) is 0 Å². The summed E-state index contributed by atoms with van der Waals surface area (Å²) in [4.78, 5) is 21.8. The van der Waals surface area contributed by atoms with Crippen LogP contribution in [0.25, 0.3) is 0 Å². The van der Waals surface area contributed by atoms with Crippen molar-refractivity contribution in [1.29, 1.82) is 0 Å². The normalized spacial score (nSPS) is 10.7. The average Bonchev–Trinajstić information content (AvgIpc) is 2.65. The molecule has 0 atom stereocenters. The summed E-state index contributed by atoms with van der Waals surface area (Å²) in [6, 6.07) is 0. The number of carbonyl (C=O) groups excluding carboxylic acids is 2. The second-order valence-corrected chi connectivity index (χ2v) is 11.1. The van der Waals surface area contributed by atoms with Crippen LogP contribution in [0.2, 0.25) is 0 Å². The molecule has 0 bridgehead atoms. The Hall–Kier alpha value is 0.319. The van der Waals surface area contributed by atoms with Gasteiger partial charge in [0.15, 0.2) is 0 Å². The molecule has 0 aromatic heterocycles. The van der Waals surface area contributed by atoms with Crippen molar-refractivity contribution in [3.63, 3.8) is 0 Å². The first-order valence-electron chi connectivity index (χ1n) is 10.1. The Kier molecular flexibility index (Phi) is 23.3.